The van der Waals surface area contributed by atoms with Crippen LogP contribution in [0.2, 0.25) is 0 Å². The first-order chi connectivity index (χ1) is 16.4. The van der Waals surface area contributed by atoms with Gasteiger partial charge in [0.15, 0.2) is 0 Å². The predicted octanol–water partition coefficient (Wildman–Crippen LogP) is 4.51. The fraction of sp³-hybridized carbons (Fsp3) is 0.423. The van der Waals surface area contributed by atoms with Crippen molar-refractivity contribution in [2.45, 2.75) is 52.5 Å². The summed E-state index contributed by atoms with van der Waals surface area (Å²) in [6, 6.07) is 11.2. The third-order valence-corrected chi connectivity index (χ3v) is 6.46. The molecule has 0 radical (unpaired) electrons. The monoisotopic (exact) mass is 461 g/mol. The van der Waals surface area contributed by atoms with Gasteiger partial charge in [0.1, 0.15) is 6.04 Å². The fourth-order valence-electron chi connectivity index (χ4n) is 4.24. The van der Waals surface area contributed by atoms with E-state index in [1.807, 2.05) is 38.1 Å². The number of hydrogen-bond donors (Lipinski definition) is 1. The van der Waals surface area contributed by atoms with Gasteiger partial charge in [0.05, 0.1) is 5.92 Å². The molecule has 34 heavy (non-hydrogen) atoms. The second kappa shape index (κ2) is 10.2. The Morgan fingerprint density at radius 2 is 2.00 bits per heavy atom. The second-order valence-corrected chi connectivity index (χ2v) is 9.20. The van der Waals surface area contributed by atoms with Gasteiger partial charge in [-0.3, -0.25) is 14.6 Å². The highest BCUT2D eigenvalue weighted by molar-refractivity contribution is 6.01. The van der Waals surface area contributed by atoms with Crippen LogP contribution < -0.4 is 10.2 Å². The molecular formula is C26H31N5O3. The lowest BCUT2D eigenvalue weighted by molar-refractivity contribution is -0.127. The van der Waals surface area contributed by atoms with Gasteiger partial charge < -0.3 is 14.7 Å². The summed E-state index contributed by atoms with van der Waals surface area (Å²) in [7, 11) is 0. The van der Waals surface area contributed by atoms with Gasteiger partial charge in [-0.05, 0) is 42.0 Å². The molecule has 1 aromatic carbocycles. The number of anilines is 1. The minimum absolute atomic E-state index is 0.0190. The third-order valence-electron chi connectivity index (χ3n) is 6.46. The zero-order valence-corrected chi connectivity index (χ0v) is 20.1. The average molecular weight is 462 g/mol. The van der Waals surface area contributed by atoms with E-state index >= 15 is 0 Å². The van der Waals surface area contributed by atoms with Crippen molar-refractivity contribution in [1.29, 1.82) is 0 Å². The molecule has 3 unspecified atom stereocenters. The van der Waals surface area contributed by atoms with Crippen LogP contribution >= 0.6 is 0 Å². The molecule has 1 aliphatic heterocycles. The molecule has 1 N–H and O–H groups in total. The van der Waals surface area contributed by atoms with Crippen LogP contribution in [0.15, 0.2) is 53.3 Å². The number of hydrogen-bond acceptors (Lipinski definition) is 6. The van der Waals surface area contributed by atoms with Crippen LogP contribution in [0.1, 0.15) is 64.0 Å². The quantitative estimate of drug-likeness (QED) is 0.530. The highest BCUT2D eigenvalue weighted by Gasteiger charge is 2.38. The Labute approximate surface area is 199 Å². The first kappa shape index (κ1) is 23.6. The lowest BCUT2D eigenvalue weighted by atomic mass is 9.96. The average Bonchev–Trinajstić information content (AvgIpc) is 3.49. The molecular weight excluding hydrogens is 430 g/mol. The number of pyridine rings is 1. The van der Waals surface area contributed by atoms with E-state index in [2.05, 4.69) is 40.4 Å². The van der Waals surface area contributed by atoms with Gasteiger partial charge in [-0.2, -0.15) is 4.98 Å². The van der Waals surface area contributed by atoms with Crippen LogP contribution in [-0.4, -0.2) is 33.5 Å². The summed E-state index contributed by atoms with van der Waals surface area (Å²) in [6.07, 6.45) is 4.49. The number of carbonyl (C=O) groups is 2. The number of nitrogens with zero attached hydrogens (tertiary/aromatic N) is 4. The van der Waals surface area contributed by atoms with E-state index < -0.39 is 12.0 Å². The minimum Gasteiger partial charge on any atom is -0.344 e. The van der Waals surface area contributed by atoms with Crippen LogP contribution in [0.4, 0.5) is 5.69 Å². The lowest BCUT2D eigenvalue weighted by Crippen LogP contribution is -2.37. The third kappa shape index (κ3) is 4.85. The Kier molecular flexibility index (Phi) is 7.05. The van der Waals surface area contributed by atoms with Crippen LogP contribution in [0, 0.1) is 11.8 Å². The van der Waals surface area contributed by atoms with Gasteiger partial charge in [-0.25, -0.2) is 0 Å². The summed E-state index contributed by atoms with van der Waals surface area (Å²) in [5.74, 6) is 0.446. The smallest absolute Gasteiger partial charge is 0.249 e. The summed E-state index contributed by atoms with van der Waals surface area (Å²) in [6.45, 7) is 8.60. The van der Waals surface area contributed by atoms with E-state index in [-0.39, 0.29) is 24.2 Å². The van der Waals surface area contributed by atoms with Crippen molar-refractivity contribution in [1.82, 2.24) is 20.4 Å². The maximum Gasteiger partial charge on any atom is 0.249 e. The van der Waals surface area contributed by atoms with E-state index in [0.717, 1.165) is 23.2 Å². The molecule has 0 spiro atoms. The van der Waals surface area contributed by atoms with Crippen molar-refractivity contribution in [2.75, 3.05) is 11.4 Å². The highest BCUT2D eigenvalue weighted by Crippen LogP contribution is 2.34. The number of para-hydroxylation sites is 1. The van der Waals surface area contributed by atoms with Crippen LogP contribution in [0.25, 0.3) is 11.4 Å². The summed E-state index contributed by atoms with van der Waals surface area (Å²) in [5.41, 5.74) is 2.77. The van der Waals surface area contributed by atoms with Crippen molar-refractivity contribution in [2.24, 2.45) is 11.8 Å². The van der Waals surface area contributed by atoms with Gasteiger partial charge in [0.2, 0.25) is 23.5 Å². The number of nitrogens with one attached hydrogen (secondary N) is 1. The summed E-state index contributed by atoms with van der Waals surface area (Å²) in [5, 5.41) is 7.10. The van der Waals surface area contributed by atoms with Crippen LogP contribution in [-0.2, 0) is 9.59 Å². The maximum atomic E-state index is 13.2. The summed E-state index contributed by atoms with van der Waals surface area (Å²) >= 11 is 0. The molecule has 3 atom stereocenters. The van der Waals surface area contributed by atoms with Crippen LogP contribution in [0.5, 0.6) is 0 Å². The molecule has 8 heteroatoms. The minimum atomic E-state index is -0.457. The number of aromatic nitrogens is 3. The summed E-state index contributed by atoms with van der Waals surface area (Å²) in [4.78, 5) is 36.4. The molecule has 3 aromatic rings. The molecule has 0 bridgehead atoms. The van der Waals surface area contributed by atoms with Crippen molar-refractivity contribution in [3.8, 4) is 11.4 Å². The van der Waals surface area contributed by atoms with E-state index in [1.54, 1.807) is 23.4 Å². The number of benzene rings is 1. The molecule has 2 amide bonds. The normalized spacial score (nSPS) is 17.7. The van der Waals surface area contributed by atoms with E-state index in [4.69, 9.17) is 4.52 Å². The van der Waals surface area contributed by atoms with Crippen LogP contribution in [0.3, 0.4) is 0 Å². The molecule has 2 aromatic heterocycles. The Morgan fingerprint density at radius 1 is 1.21 bits per heavy atom. The number of carbonyl (C=O) groups excluding carboxylic acids is 2. The topological polar surface area (TPSA) is 101 Å². The first-order valence-electron chi connectivity index (χ1n) is 11.8. The first-order valence-corrected chi connectivity index (χ1v) is 11.8. The molecule has 8 nitrogen and oxygen atoms in total. The van der Waals surface area contributed by atoms with Gasteiger partial charge in [0.25, 0.3) is 0 Å². The zero-order chi connectivity index (χ0) is 24.2. The zero-order valence-electron chi connectivity index (χ0n) is 20.1. The number of rotatable bonds is 8. The Balaban J connectivity index is 1.49. The molecule has 1 saturated heterocycles. The van der Waals surface area contributed by atoms with E-state index in [1.165, 1.54) is 0 Å². The SMILES string of the molecule is CCC(C)c1ccccc1N1CC(C(=O)NC(c2nc(-c3cccnc3)no2)C(C)C)CC1=O. The van der Waals surface area contributed by atoms with E-state index in [9.17, 15) is 9.59 Å². The van der Waals surface area contributed by atoms with Crippen molar-refractivity contribution in [3.05, 3.63) is 60.2 Å². The molecule has 1 aliphatic rings. The number of amides is 2. The summed E-state index contributed by atoms with van der Waals surface area (Å²) < 4.78 is 5.49. The van der Waals surface area contributed by atoms with Crippen molar-refractivity contribution >= 4 is 17.5 Å². The molecule has 0 saturated carbocycles. The predicted molar refractivity (Wildman–Crippen MR) is 129 cm³/mol. The van der Waals surface area contributed by atoms with Crippen molar-refractivity contribution < 1.29 is 14.1 Å². The van der Waals surface area contributed by atoms with Gasteiger partial charge in [0, 0.05) is 36.6 Å². The molecule has 4 rings (SSSR count). The Hall–Kier alpha value is -3.55. The lowest BCUT2D eigenvalue weighted by Gasteiger charge is -2.24. The second-order valence-electron chi connectivity index (χ2n) is 9.20. The maximum absolute atomic E-state index is 13.2. The van der Waals surface area contributed by atoms with Gasteiger partial charge in [-0.1, -0.05) is 51.1 Å². The van der Waals surface area contributed by atoms with Gasteiger partial charge in [-0.15, -0.1) is 0 Å². The largest absolute Gasteiger partial charge is 0.344 e. The molecule has 178 valence electrons. The fourth-order valence-corrected chi connectivity index (χ4v) is 4.24. The molecule has 3 heterocycles. The standard InChI is InChI=1S/C26H31N5O3/c1-5-17(4)20-10-6-7-11-21(20)31-15-19(13-22(31)32)25(33)28-23(16(2)3)26-29-24(30-34-26)18-9-8-12-27-14-18/h6-12,14,16-17,19,23H,5,13,15H2,1-4H3,(H,28,33). The Bertz CT molecular complexity index is 1140. The van der Waals surface area contributed by atoms with Gasteiger partial charge >= 0.3 is 0 Å². The molecule has 0 aliphatic carbocycles. The van der Waals surface area contributed by atoms with E-state index in [0.29, 0.717) is 24.2 Å². The Morgan fingerprint density at radius 3 is 2.71 bits per heavy atom. The highest BCUT2D eigenvalue weighted by atomic mass is 16.5. The van der Waals surface area contributed by atoms with Crippen molar-refractivity contribution in [3.63, 3.8) is 0 Å². The molecule has 1 fully saturated rings.